The number of nitrogens with one attached hydrogen (secondary N) is 1. The van der Waals surface area contributed by atoms with Gasteiger partial charge in [-0.15, -0.1) is 0 Å². The summed E-state index contributed by atoms with van der Waals surface area (Å²) in [6, 6.07) is 5.72. The average Bonchev–Trinajstić information content (AvgIpc) is 2.29. The van der Waals surface area contributed by atoms with Crippen LogP contribution in [0, 0.1) is 5.41 Å². The molecule has 1 aromatic rings. The highest BCUT2D eigenvalue weighted by atomic mass is 19.3. The second-order valence-corrected chi connectivity index (χ2v) is 5.70. The first-order valence-corrected chi connectivity index (χ1v) is 6.19. The standard InChI is InChI=1S/C14H20F2N2O2/c1-13(2,14(3,4)17)11(19)18-9-5-7-10(8-6-9)20-12(15)16/h5-8,12H,17H2,1-4H3,(H,18,19). The number of carbonyl (C=O) groups excluding carboxylic acids is 1. The molecule has 0 aliphatic rings. The summed E-state index contributed by atoms with van der Waals surface area (Å²) in [6.07, 6.45) is 0. The largest absolute Gasteiger partial charge is 0.435 e. The average molecular weight is 286 g/mol. The van der Waals surface area contributed by atoms with Gasteiger partial charge in [0.15, 0.2) is 0 Å². The van der Waals surface area contributed by atoms with Crippen LogP contribution in [0.25, 0.3) is 0 Å². The zero-order chi connectivity index (χ0) is 15.6. The number of rotatable bonds is 5. The third-order valence-corrected chi connectivity index (χ3v) is 3.52. The van der Waals surface area contributed by atoms with Crippen LogP contribution in [0.4, 0.5) is 14.5 Å². The van der Waals surface area contributed by atoms with E-state index >= 15 is 0 Å². The Labute approximate surface area is 117 Å². The molecule has 112 valence electrons. The van der Waals surface area contributed by atoms with Gasteiger partial charge in [-0.3, -0.25) is 4.79 Å². The van der Waals surface area contributed by atoms with Crippen molar-refractivity contribution in [3.8, 4) is 5.75 Å². The van der Waals surface area contributed by atoms with Crippen molar-refractivity contribution >= 4 is 11.6 Å². The van der Waals surface area contributed by atoms with Gasteiger partial charge in [-0.1, -0.05) is 0 Å². The number of halogens is 2. The Kier molecular flexibility index (Phi) is 4.70. The molecule has 0 saturated carbocycles. The van der Waals surface area contributed by atoms with Crippen molar-refractivity contribution in [1.82, 2.24) is 0 Å². The smallest absolute Gasteiger partial charge is 0.387 e. The van der Waals surface area contributed by atoms with E-state index in [4.69, 9.17) is 5.73 Å². The van der Waals surface area contributed by atoms with Crippen LogP contribution in [0.2, 0.25) is 0 Å². The van der Waals surface area contributed by atoms with E-state index in [-0.39, 0.29) is 11.7 Å². The number of ether oxygens (including phenoxy) is 1. The van der Waals surface area contributed by atoms with Gasteiger partial charge in [0.2, 0.25) is 5.91 Å². The third kappa shape index (κ3) is 3.90. The molecule has 0 aromatic heterocycles. The molecule has 0 saturated heterocycles. The fraction of sp³-hybridized carbons (Fsp3) is 0.500. The van der Waals surface area contributed by atoms with Crippen LogP contribution < -0.4 is 15.8 Å². The molecular formula is C14H20F2N2O2. The summed E-state index contributed by atoms with van der Waals surface area (Å²) in [7, 11) is 0. The molecule has 0 bridgehead atoms. The molecule has 0 radical (unpaired) electrons. The van der Waals surface area contributed by atoms with Crippen molar-refractivity contribution in [2.75, 3.05) is 5.32 Å². The lowest BCUT2D eigenvalue weighted by molar-refractivity contribution is -0.126. The van der Waals surface area contributed by atoms with E-state index in [0.717, 1.165) is 0 Å². The second-order valence-electron chi connectivity index (χ2n) is 5.70. The van der Waals surface area contributed by atoms with E-state index in [1.165, 1.54) is 24.3 Å². The van der Waals surface area contributed by atoms with Crippen molar-refractivity contribution in [3.05, 3.63) is 24.3 Å². The highest BCUT2D eigenvalue weighted by Gasteiger charge is 2.40. The highest BCUT2D eigenvalue weighted by Crippen LogP contribution is 2.30. The molecule has 0 fully saturated rings. The van der Waals surface area contributed by atoms with Gasteiger partial charge in [0, 0.05) is 11.2 Å². The Morgan fingerprint density at radius 1 is 1.20 bits per heavy atom. The second kappa shape index (κ2) is 5.75. The van der Waals surface area contributed by atoms with E-state index in [0.29, 0.717) is 5.69 Å². The first-order chi connectivity index (χ1) is 9.04. The number of alkyl halides is 2. The quantitative estimate of drug-likeness (QED) is 0.874. The lowest BCUT2D eigenvalue weighted by Crippen LogP contribution is -2.53. The number of amides is 1. The molecule has 20 heavy (non-hydrogen) atoms. The van der Waals surface area contributed by atoms with Gasteiger partial charge >= 0.3 is 6.61 Å². The topological polar surface area (TPSA) is 64.4 Å². The van der Waals surface area contributed by atoms with Gasteiger partial charge < -0.3 is 15.8 Å². The Balaban J connectivity index is 2.77. The molecule has 1 amide bonds. The maximum atomic E-state index is 12.2. The summed E-state index contributed by atoms with van der Waals surface area (Å²) in [4.78, 5) is 12.2. The van der Waals surface area contributed by atoms with Gasteiger partial charge in [-0.05, 0) is 52.0 Å². The Morgan fingerprint density at radius 2 is 1.70 bits per heavy atom. The minimum absolute atomic E-state index is 0.0383. The van der Waals surface area contributed by atoms with Gasteiger partial charge in [0.25, 0.3) is 0 Å². The van der Waals surface area contributed by atoms with Crippen LogP contribution in [0.3, 0.4) is 0 Å². The van der Waals surface area contributed by atoms with Gasteiger partial charge in [0.1, 0.15) is 5.75 Å². The predicted molar refractivity (Wildman–Crippen MR) is 73.8 cm³/mol. The number of nitrogens with two attached hydrogens (primary N) is 1. The van der Waals surface area contributed by atoms with Gasteiger partial charge in [0.05, 0.1) is 5.41 Å². The first-order valence-electron chi connectivity index (χ1n) is 6.19. The fourth-order valence-electron chi connectivity index (χ4n) is 1.30. The third-order valence-electron chi connectivity index (χ3n) is 3.52. The van der Waals surface area contributed by atoms with Crippen molar-refractivity contribution in [2.24, 2.45) is 11.1 Å². The predicted octanol–water partition coefficient (Wildman–Crippen LogP) is 2.99. The molecule has 3 N–H and O–H groups in total. The number of hydrogen-bond donors (Lipinski definition) is 2. The maximum Gasteiger partial charge on any atom is 0.387 e. The first kappa shape index (κ1) is 16.4. The molecule has 4 nitrogen and oxygen atoms in total. The van der Waals surface area contributed by atoms with Gasteiger partial charge in [-0.2, -0.15) is 8.78 Å². The van der Waals surface area contributed by atoms with E-state index in [9.17, 15) is 13.6 Å². The van der Waals surface area contributed by atoms with Crippen LogP contribution in [0.15, 0.2) is 24.3 Å². The Morgan fingerprint density at radius 3 is 2.10 bits per heavy atom. The van der Waals surface area contributed by atoms with Crippen molar-refractivity contribution < 1.29 is 18.3 Å². The molecule has 0 heterocycles. The number of benzene rings is 1. The summed E-state index contributed by atoms with van der Waals surface area (Å²) in [5.41, 5.74) is 4.99. The van der Waals surface area contributed by atoms with E-state index < -0.39 is 17.6 Å². The van der Waals surface area contributed by atoms with Crippen LogP contribution in [-0.4, -0.2) is 18.1 Å². The lowest BCUT2D eigenvalue weighted by atomic mass is 9.74. The zero-order valence-electron chi connectivity index (χ0n) is 12.0. The molecule has 0 aliphatic carbocycles. The van der Waals surface area contributed by atoms with Crippen molar-refractivity contribution in [1.29, 1.82) is 0 Å². The molecule has 0 atom stereocenters. The molecule has 0 aliphatic heterocycles. The van der Waals surface area contributed by atoms with E-state index in [1.807, 2.05) is 0 Å². The van der Waals surface area contributed by atoms with Crippen molar-refractivity contribution in [2.45, 2.75) is 39.8 Å². The lowest BCUT2D eigenvalue weighted by Gasteiger charge is -2.36. The Bertz CT molecular complexity index is 465. The zero-order valence-corrected chi connectivity index (χ0v) is 12.0. The van der Waals surface area contributed by atoms with E-state index in [1.54, 1.807) is 27.7 Å². The molecule has 0 unspecified atom stereocenters. The summed E-state index contributed by atoms with van der Waals surface area (Å²) in [5.74, 6) is -0.205. The van der Waals surface area contributed by atoms with E-state index in [2.05, 4.69) is 10.1 Å². The van der Waals surface area contributed by atoms with Crippen molar-refractivity contribution in [3.63, 3.8) is 0 Å². The minimum atomic E-state index is -2.87. The summed E-state index contributed by atoms with van der Waals surface area (Å²) < 4.78 is 28.3. The SMILES string of the molecule is CC(C)(N)C(C)(C)C(=O)Nc1ccc(OC(F)F)cc1. The highest BCUT2D eigenvalue weighted by molar-refractivity contribution is 5.95. The van der Waals surface area contributed by atoms with Crippen LogP contribution in [-0.2, 0) is 4.79 Å². The minimum Gasteiger partial charge on any atom is -0.435 e. The summed E-state index contributed by atoms with van der Waals surface area (Å²) >= 11 is 0. The van der Waals surface area contributed by atoms with Crippen LogP contribution in [0.5, 0.6) is 5.75 Å². The molecule has 6 heteroatoms. The van der Waals surface area contributed by atoms with Gasteiger partial charge in [-0.25, -0.2) is 0 Å². The summed E-state index contributed by atoms with van der Waals surface area (Å²) in [5, 5.41) is 2.71. The summed E-state index contributed by atoms with van der Waals surface area (Å²) in [6.45, 7) is 4.17. The van der Waals surface area contributed by atoms with Crippen LogP contribution in [0.1, 0.15) is 27.7 Å². The molecule has 1 rings (SSSR count). The monoisotopic (exact) mass is 286 g/mol. The number of carbonyl (C=O) groups is 1. The number of anilines is 1. The normalized spacial score (nSPS) is 12.4. The van der Waals surface area contributed by atoms with Crippen LogP contribution >= 0.6 is 0 Å². The number of hydrogen-bond acceptors (Lipinski definition) is 3. The molecular weight excluding hydrogens is 266 g/mol. The molecule has 1 aromatic carbocycles. The fourth-order valence-corrected chi connectivity index (χ4v) is 1.30. The maximum absolute atomic E-state index is 12.2. The molecule has 0 spiro atoms. The Hall–Kier alpha value is -1.69.